The molecule has 13 heavy (non-hydrogen) atoms. The van der Waals surface area contributed by atoms with Gasteiger partial charge in [-0.2, -0.15) is 0 Å². The molecular weight excluding hydrogens is 164 g/mol. The number of rotatable bonds is 4. The molecule has 72 valence electrons. The molecule has 0 radical (unpaired) electrons. The van der Waals surface area contributed by atoms with Gasteiger partial charge in [-0.3, -0.25) is 4.79 Å². The zero-order chi connectivity index (χ0) is 9.68. The van der Waals surface area contributed by atoms with Gasteiger partial charge in [-0.1, -0.05) is 0 Å². The van der Waals surface area contributed by atoms with Crippen LogP contribution in [-0.4, -0.2) is 16.9 Å². The highest BCUT2D eigenvalue weighted by molar-refractivity contribution is 5.76. The van der Waals surface area contributed by atoms with Crippen molar-refractivity contribution in [1.82, 2.24) is 10.3 Å². The number of hydrogen-bond donors (Lipinski definition) is 2. The van der Waals surface area contributed by atoms with E-state index >= 15 is 0 Å². The standard InChI is InChI=1S/C10H16N2O/c1-8(2)12-10(13)6-5-9-4-3-7-11-9/h3-4,7-8,11H,5-6H2,1-2H3,(H,12,13). The van der Waals surface area contributed by atoms with Crippen LogP contribution in [-0.2, 0) is 11.2 Å². The van der Waals surface area contributed by atoms with Gasteiger partial charge in [0.05, 0.1) is 0 Å². The number of carbonyl (C=O) groups excluding carboxylic acids is 1. The molecule has 0 aliphatic carbocycles. The Kier molecular flexibility index (Phi) is 3.55. The Hall–Kier alpha value is -1.25. The van der Waals surface area contributed by atoms with Crippen molar-refractivity contribution in [3.05, 3.63) is 24.0 Å². The molecule has 0 fully saturated rings. The summed E-state index contributed by atoms with van der Waals surface area (Å²) >= 11 is 0. The summed E-state index contributed by atoms with van der Waals surface area (Å²) in [7, 11) is 0. The van der Waals surface area contributed by atoms with Gasteiger partial charge < -0.3 is 10.3 Å². The Balaban J connectivity index is 2.23. The summed E-state index contributed by atoms with van der Waals surface area (Å²) < 4.78 is 0. The first-order chi connectivity index (χ1) is 6.18. The minimum absolute atomic E-state index is 0.115. The van der Waals surface area contributed by atoms with Crippen molar-refractivity contribution in [1.29, 1.82) is 0 Å². The predicted molar refractivity (Wildman–Crippen MR) is 52.4 cm³/mol. The SMILES string of the molecule is CC(C)NC(=O)CCc1ccc[nH]1. The highest BCUT2D eigenvalue weighted by Crippen LogP contribution is 1.98. The Morgan fingerprint density at radius 1 is 1.62 bits per heavy atom. The molecule has 0 saturated carbocycles. The van der Waals surface area contributed by atoms with Crippen LogP contribution in [0.4, 0.5) is 0 Å². The molecule has 0 bridgehead atoms. The number of aromatic nitrogens is 1. The van der Waals surface area contributed by atoms with Gasteiger partial charge in [-0.05, 0) is 32.4 Å². The molecule has 1 amide bonds. The highest BCUT2D eigenvalue weighted by Gasteiger charge is 2.03. The third kappa shape index (κ3) is 3.78. The molecule has 1 aromatic rings. The van der Waals surface area contributed by atoms with Crippen LogP contribution in [0.2, 0.25) is 0 Å². The molecule has 0 saturated heterocycles. The zero-order valence-electron chi connectivity index (χ0n) is 8.13. The molecule has 0 aliphatic rings. The van der Waals surface area contributed by atoms with Crippen molar-refractivity contribution in [3.8, 4) is 0 Å². The van der Waals surface area contributed by atoms with Gasteiger partial charge in [0.2, 0.25) is 5.91 Å². The topological polar surface area (TPSA) is 44.9 Å². The summed E-state index contributed by atoms with van der Waals surface area (Å²) in [6.07, 6.45) is 3.21. The molecule has 1 rings (SSSR count). The van der Waals surface area contributed by atoms with E-state index in [9.17, 15) is 4.79 Å². The average Bonchev–Trinajstić information content (AvgIpc) is 2.51. The van der Waals surface area contributed by atoms with E-state index in [1.54, 1.807) is 0 Å². The van der Waals surface area contributed by atoms with Crippen molar-refractivity contribution in [2.45, 2.75) is 32.7 Å². The lowest BCUT2D eigenvalue weighted by molar-refractivity contribution is -0.121. The lowest BCUT2D eigenvalue weighted by Crippen LogP contribution is -2.30. The molecule has 1 aromatic heterocycles. The summed E-state index contributed by atoms with van der Waals surface area (Å²) in [5, 5.41) is 2.85. The number of H-pyrrole nitrogens is 1. The van der Waals surface area contributed by atoms with Crippen molar-refractivity contribution in [2.75, 3.05) is 0 Å². The summed E-state index contributed by atoms with van der Waals surface area (Å²) in [4.78, 5) is 14.3. The maximum atomic E-state index is 11.2. The molecule has 0 aliphatic heterocycles. The first kappa shape index (κ1) is 9.84. The predicted octanol–water partition coefficient (Wildman–Crippen LogP) is 1.47. The van der Waals surface area contributed by atoms with E-state index in [2.05, 4.69) is 10.3 Å². The largest absolute Gasteiger partial charge is 0.365 e. The number of amides is 1. The number of aromatic amines is 1. The van der Waals surface area contributed by atoms with Crippen LogP contribution in [0.1, 0.15) is 26.0 Å². The van der Waals surface area contributed by atoms with E-state index in [1.807, 2.05) is 32.2 Å². The smallest absolute Gasteiger partial charge is 0.220 e. The Bertz CT molecular complexity index is 252. The second kappa shape index (κ2) is 4.70. The molecule has 1 heterocycles. The van der Waals surface area contributed by atoms with Crippen molar-refractivity contribution >= 4 is 5.91 Å². The fourth-order valence-electron chi connectivity index (χ4n) is 1.17. The van der Waals surface area contributed by atoms with Crippen LogP contribution in [0.25, 0.3) is 0 Å². The van der Waals surface area contributed by atoms with Crippen LogP contribution >= 0.6 is 0 Å². The average molecular weight is 180 g/mol. The second-order valence-corrected chi connectivity index (χ2v) is 3.42. The maximum Gasteiger partial charge on any atom is 0.220 e. The van der Waals surface area contributed by atoms with Crippen LogP contribution < -0.4 is 5.32 Å². The van der Waals surface area contributed by atoms with E-state index in [0.29, 0.717) is 6.42 Å². The number of nitrogens with one attached hydrogen (secondary N) is 2. The summed E-state index contributed by atoms with van der Waals surface area (Å²) in [6.45, 7) is 3.93. The third-order valence-corrected chi connectivity index (χ3v) is 1.73. The van der Waals surface area contributed by atoms with Gasteiger partial charge in [-0.15, -0.1) is 0 Å². The molecule has 0 spiro atoms. The summed E-state index contributed by atoms with van der Waals surface area (Å²) in [6, 6.07) is 4.16. The summed E-state index contributed by atoms with van der Waals surface area (Å²) in [5.41, 5.74) is 1.11. The fraction of sp³-hybridized carbons (Fsp3) is 0.500. The lowest BCUT2D eigenvalue weighted by Gasteiger charge is -2.07. The second-order valence-electron chi connectivity index (χ2n) is 3.42. The van der Waals surface area contributed by atoms with E-state index in [4.69, 9.17) is 0 Å². The third-order valence-electron chi connectivity index (χ3n) is 1.73. The molecule has 3 heteroatoms. The molecule has 0 atom stereocenters. The molecule has 3 nitrogen and oxygen atoms in total. The quantitative estimate of drug-likeness (QED) is 0.724. The molecule has 0 aromatic carbocycles. The van der Waals surface area contributed by atoms with E-state index in [-0.39, 0.29) is 11.9 Å². The van der Waals surface area contributed by atoms with Gasteiger partial charge in [0.25, 0.3) is 0 Å². The monoisotopic (exact) mass is 180 g/mol. The van der Waals surface area contributed by atoms with Crippen LogP contribution in [0.15, 0.2) is 18.3 Å². The zero-order valence-corrected chi connectivity index (χ0v) is 8.13. The maximum absolute atomic E-state index is 11.2. The van der Waals surface area contributed by atoms with Crippen molar-refractivity contribution in [3.63, 3.8) is 0 Å². The number of aryl methyl sites for hydroxylation is 1. The molecular formula is C10H16N2O. The van der Waals surface area contributed by atoms with Crippen molar-refractivity contribution < 1.29 is 4.79 Å². The van der Waals surface area contributed by atoms with Gasteiger partial charge in [0.15, 0.2) is 0 Å². The Labute approximate surface area is 78.5 Å². The van der Waals surface area contributed by atoms with Gasteiger partial charge in [0, 0.05) is 24.4 Å². The Morgan fingerprint density at radius 3 is 2.92 bits per heavy atom. The van der Waals surface area contributed by atoms with Crippen LogP contribution in [0.5, 0.6) is 0 Å². The summed E-state index contributed by atoms with van der Waals surface area (Å²) in [5.74, 6) is 0.115. The van der Waals surface area contributed by atoms with Crippen molar-refractivity contribution in [2.24, 2.45) is 0 Å². The van der Waals surface area contributed by atoms with E-state index in [0.717, 1.165) is 12.1 Å². The minimum atomic E-state index is 0.115. The highest BCUT2D eigenvalue weighted by atomic mass is 16.1. The van der Waals surface area contributed by atoms with Crippen LogP contribution in [0, 0.1) is 0 Å². The van der Waals surface area contributed by atoms with E-state index in [1.165, 1.54) is 0 Å². The first-order valence-electron chi connectivity index (χ1n) is 4.60. The van der Waals surface area contributed by atoms with E-state index < -0.39 is 0 Å². The van der Waals surface area contributed by atoms with Gasteiger partial charge in [0.1, 0.15) is 0 Å². The number of carbonyl (C=O) groups is 1. The lowest BCUT2D eigenvalue weighted by atomic mass is 10.2. The molecule has 0 unspecified atom stereocenters. The van der Waals surface area contributed by atoms with Gasteiger partial charge >= 0.3 is 0 Å². The van der Waals surface area contributed by atoms with Gasteiger partial charge in [-0.25, -0.2) is 0 Å². The first-order valence-corrected chi connectivity index (χ1v) is 4.60. The Morgan fingerprint density at radius 2 is 2.38 bits per heavy atom. The normalized spacial score (nSPS) is 10.4. The fourth-order valence-corrected chi connectivity index (χ4v) is 1.17. The number of hydrogen-bond acceptors (Lipinski definition) is 1. The minimum Gasteiger partial charge on any atom is -0.365 e. The van der Waals surface area contributed by atoms with Crippen LogP contribution in [0.3, 0.4) is 0 Å². The molecule has 2 N–H and O–H groups in total.